The first kappa shape index (κ1) is 16.1. The fraction of sp³-hybridized carbons (Fsp3) is 0.333. The summed E-state index contributed by atoms with van der Waals surface area (Å²) in [6, 6.07) is 16.2. The van der Waals surface area contributed by atoms with Crippen LogP contribution in [0.1, 0.15) is 44.2 Å². The van der Waals surface area contributed by atoms with Gasteiger partial charge in [0, 0.05) is 6.04 Å². The van der Waals surface area contributed by atoms with E-state index in [2.05, 4.69) is 19.1 Å². The number of aromatic nitrogens is 1. The van der Waals surface area contributed by atoms with E-state index in [0.717, 1.165) is 21.3 Å². The Hall–Kier alpha value is -2.38. The summed E-state index contributed by atoms with van der Waals surface area (Å²) in [4.78, 5) is 12.8. The van der Waals surface area contributed by atoms with Gasteiger partial charge in [0.2, 0.25) is 0 Å². The predicted molar refractivity (Wildman–Crippen MR) is 103 cm³/mol. The lowest BCUT2D eigenvalue weighted by Crippen LogP contribution is -2.22. The van der Waals surface area contributed by atoms with E-state index >= 15 is 0 Å². The number of fused-ring (bicyclic) bond motifs is 1. The Kier molecular flexibility index (Phi) is 4.19. The average Bonchev–Trinajstić information content (AvgIpc) is 3.27. The van der Waals surface area contributed by atoms with E-state index in [1.54, 1.807) is 0 Å². The van der Waals surface area contributed by atoms with E-state index in [1.807, 2.05) is 41.0 Å². The van der Waals surface area contributed by atoms with Gasteiger partial charge in [-0.25, -0.2) is 0 Å². The molecule has 1 unspecified atom stereocenters. The fourth-order valence-corrected chi connectivity index (χ4v) is 5.08. The summed E-state index contributed by atoms with van der Waals surface area (Å²) < 4.78 is 2.98. The van der Waals surface area contributed by atoms with Crippen molar-refractivity contribution in [3.8, 4) is 17.2 Å². The zero-order chi connectivity index (χ0) is 17.4. The molecule has 2 aromatic carbocycles. The monoisotopic (exact) mass is 348 g/mol. The van der Waals surface area contributed by atoms with Crippen LogP contribution >= 0.6 is 11.3 Å². The second-order valence-corrected chi connectivity index (χ2v) is 7.86. The molecular formula is C21H20N2OS. The first-order valence-electron chi connectivity index (χ1n) is 8.83. The topological polar surface area (TPSA) is 45.8 Å². The number of thiazole rings is 1. The van der Waals surface area contributed by atoms with Crippen molar-refractivity contribution in [3.05, 3.63) is 57.7 Å². The van der Waals surface area contributed by atoms with Gasteiger partial charge in [0.05, 0.1) is 21.8 Å². The van der Waals surface area contributed by atoms with Crippen molar-refractivity contribution in [2.45, 2.75) is 38.6 Å². The Labute approximate surface area is 151 Å². The molecule has 3 nitrogen and oxygen atoms in total. The maximum absolute atomic E-state index is 12.6. The van der Waals surface area contributed by atoms with Gasteiger partial charge in [-0.05, 0) is 55.0 Å². The molecule has 3 aromatic rings. The molecule has 1 aliphatic rings. The van der Waals surface area contributed by atoms with Crippen LogP contribution in [0.5, 0.6) is 0 Å². The molecule has 1 heterocycles. The smallest absolute Gasteiger partial charge is 0.296 e. The summed E-state index contributed by atoms with van der Waals surface area (Å²) in [5.41, 5.74) is 3.59. The van der Waals surface area contributed by atoms with E-state index in [0.29, 0.717) is 11.5 Å². The molecule has 0 aliphatic heterocycles. The summed E-state index contributed by atoms with van der Waals surface area (Å²) in [5.74, 6) is 0.606. The predicted octanol–water partition coefficient (Wildman–Crippen LogP) is 5.35. The van der Waals surface area contributed by atoms with Gasteiger partial charge in [0.25, 0.3) is 0 Å². The second kappa shape index (κ2) is 6.50. The molecular weight excluding hydrogens is 328 g/mol. The van der Waals surface area contributed by atoms with Crippen LogP contribution in [0.25, 0.3) is 21.3 Å². The molecule has 1 aliphatic carbocycles. The second-order valence-electron chi connectivity index (χ2n) is 6.86. The van der Waals surface area contributed by atoms with Crippen LogP contribution in [0.3, 0.4) is 0 Å². The summed E-state index contributed by atoms with van der Waals surface area (Å²) in [6.45, 7) is 2.18. The first-order chi connectivity index (χ1) is 12.2. The minimum atomic E-state index is 0.125. The van der Waals surface area contributed by atoms with Gasteiger partial charge >= 0.3 is 4.87 Å². The molecule has 1 aromatic heterocycles. The molecule has 4 heteroatoms. The molecule has 25 heavy (non-hydrogen) atoms. The zero-order valence-electron chi connectivity index (χ0n) is 14.2. The Morgan fingerprint density at radius 1 is 1.20 bits per heavy atom. The van der Waals surface area contributed by atoms with E-state index in [4.69, 9.17) is 0 Å². The molecule has 1 fully saturated rings. The lowest BCUT2D eigenvalue weighted by Gasteiger charge is -2.20. The van der Waals surface area contributed by atoms with Gasteiger partial charge in [0.1, 0.15) is 0 Å². The van der Waals surface area contributed by atoms with Crippen LogP contribution in [0.15, 0.2) is 47.3 Å². The van der Waals surface area contributed by atoms with Crippen LogP contribution in [-0.4, -0.2) is 4.57 Å². The third-order valence-electron chi connectivity index (χ3n) is 5.46. The van der Waals surface area contributed by atoms with Crippen molar-refractivity contribution >= 4 is 21.6 Å². The van der Waals surface area contributed by atoms with E-state index in [1.165, 1.54) is 37.0 Å². The number of benzene rings is 2. The minimum Gasteiger partial charge on any atom is -0.296 e. The number of nitrogens with zero attached hydrogens (tertiary/aromatic N) is 2. The summed E-state index contributed by atoms with van der Waals surface area (Å²) in [5, 5.41) is 9.33. The van der Waals surface area contributed by atoms with Gasteiger partial charge in [0.15, 0.2) is 0 Å². The molecule has 1 atom stereocenters. The highest BCUT2D eigenvalue weighted by molar-refractivity contribution is 7.16. The summed E-state index contributed by atoms with van der Waals surface area (Å²) in [6.07, 6.45) is 5.00. The number of hydrogen-bond donors (Lipinski definition) is 0. The van der Waals surface area contributed by atoms with Crippen LogP contribution in [0.4, 0.5) is 0 Å². The van der Waals surface area contributed by atoms with Gasteiger partial charge in [-0.15, -0.1) is 0 Å². The zero-order valence-corrected chi connectivity index (χ0v) is 15.1. The van der Waals surface area contributed by atoms with Crippen molar-refractivity contribution in [3.63, 3.8) is 0 Å². The Morgan fingerprint density at radius 3 is 2.72 bits per heavy atom. The molecule has 1 saturated carbocycles. The summed E-state index contributed by atoms with van der Waals surface area (Å²) >= 11 is 1.31. The van der Waals surface area contributed by atoms with Crippen molar-refractivity contribution in [2.75, 3.05) is 0 Å². The third-order valence-corrected chi connectivity index (χ3v) is 6.38. The number of hydrogen-bond acceptors (Lipinski definition) is 3. The largest absolute Gasteiger partial charge is 0.308 e. The quantitative estimate of drug-likeness (QED) is 0.640. The maximum Gasteiger partial charge on any atom is 0.308 e. The van der Waals surface area contributed by atoms with Gasteiger partial charge in [-0.3, -0.25) is 9.36 Å². The highest BCUT2D eigenvalue weighted by Gasteiger charge is 2.25. The van der Waals surface area contributed by atoms with Crippen LogP contribution in [0, 0.1) is 17.2 Å². The van der Waals surface area contributed by atoms with Crippen LogP contribution < -0.4 is 4.87 Å². The highest BCUT2D eigenvalue weighted by Crippen LogP contribution is 2.36. The van der Waals surface area contributed by atoms with Gasteiger partial charge in [-0.1, -0.05) is 48.4 Å². The van der Waals surface area contributed by atoms with E-state index < -0.39 is 0 Å². The normalized spacial score (nSPS) is 16.2. The van der Waals surface area contributed by atoms with E-state index in [-0.39, 0.29) is 10.9 Å². The molecule has 0 bridgehead atoms. The molecule has 0 amide bonds. The maximum atomic E-state index is 12.6. The van der Waals surface area contributed by atoms with Crippen molar-refractivity contribution in [1.82, 2.24) is 4.57 Å². The van der Waals surface area contributed by atoms with Gasteiger partial charge in [-0.2, -0.15) is 5.26 Å². The first-order valence-corrected chi connectivity index (χ1v) is 9.65. The molecule has 0 radical (unpaired) electrons. The van der Waals surface area contributed by atoms with Crippen molar-refractivity contribution < 1.29 is 0 Å². The molecule has 0 spiro atoms. The third kappa shape index (κ3) is 2.79. The van der Waals surface area contributed by atoms with Crippen molar-refractivity contribution in [1.29, 1.82) is 5.26 Å². The molecule has 0 N–H and O–H groups in total. The fourth-order valence-electron chi connectivity index (χ4n) is 4.07. The van der Waals surface area contributed by atoms with E-state index in [9.17, 15) is 10.1 Å². The Bertz CT molecular complexity index is 1020. The molecule has 126 valence electrons. The Balaban J connectivity index is 1.81. The standard InChI is InChI=1S/C21H20N2OS/c1-14(15-6-2-3-7-15)23-19-11-10-16(12-20(19)25-21(23)24)18-9-5-4-8-17(18)13-22/h4-5,8-12,14-15H,2-3,6-7H2,1H3. The number of rotatable bonds is 3. The highest BCUT2D eigenvalue weighted by atomic mass is 32.1. The van der Waals surface area contributed by atoms with Crippen molar-refractivity contribution in [2.24, 2.45) is 5.92 Å². The number of nitriles is 1. The lowest BCUT2D eigenvalue weighted by atomic mass is 9.98. The average molecular weight is 348 g/mol. The minimum absolute atomic E-state index is 0.125. The lowest BCUT2D eigenvalue weighted by molar-refractivity contribution is 0.365. The molecule has 4 rings (SSSR count). The van der Waals surface area contributed by atoms with Gasteiger partial charge < -0.3 is 0 Å². The van der Waals surface area contributed by atoms with Crippen LogP contribution in [-0.2, 0) is 0 Å². The SMILES string of the molecule is CC(C1CCCC1)n1c(=O)sc2cc(-c3ccccc3C#N)ccc21. The molecule has 0 saturated heterocycles. The summed E-state index contributed by atoms with van der Waals surface area (Å²) in [7, 11) is 0. The Morgan fingerprint density at radius 2 is 1.96 bits per heavy atom. The van der Waals surface area contributed by atoms with Crippen LogP contribution in [0.2, 0.25) is 0 Å².